The molecule has 0 atom stereocenters. The molecule has 0 amide bonds. The number of sulfonamides is 2. The number of rotatable bonds is 6. The predicted molar refractivity (Wildman–Crippen MR) is 190 cm³/mol. The molecule has 3 aliphatic rings. The molecule has 244 valence electrons. The summed E-state index contributed by atoms with van der Waals surface area (Å²) in [4.78, 5) is 4.84. The van der Waals surface area contributed by atoms with E-state index in [1.807, 2.05) is 62.4 Å². The molecule has 0 aliphatic heterocycles. The van der Waals surface area contributed by atoms with Crippen molar-refractivity contribution >= 4 is 31.5 Å². The Morgan fingerprint density at radius 2 is 0.812 bits per heavy atom. The zero-order valence-electron chi connectivity index (χ0n) is 26.7. The molecule has 10 heteroatoms. The summed E-state index contributed by atoms with van der Waals surface area (Å²) in [5.74, 6) is 0. The van der Waals surface area contributed by atoms with Crippen LogP contribution in [0.4, 0.5) is 0 Å². The highest BCUT2D eigenvalue weighted by molar-refractivity contribution is 7.89. The molecule has 0 saturated carbocycles. The van der Waals surface area contributed by atoms with Crippen molar-refractivity contribution in [3.8, 4) is 0 Å². The third-order valence-corrected chi connectivity index (χ3v) is 10.7. The molecule has 0 spiro atoms. The van der Waals surface area contributed by atoms with Gasteiger partial charge in [0.1, 0.15) is 11.4 Å². The lowest BCUT2D eigenvalue weighted by Gasteiger charge is -2.14. The molecule has 0 saturated heterocycles. The Morgan fingerprint density at radius 3 is 1.19 bits per heavy atom. The first-order chi connectivity index (χ1) is 23.1. The van der Waals surface area contributed by atoms with Gasteiger partial charge in [-0.2, -0.15) is 36.7 Å². The Hall–Kier alpha value is -5.06. The fraction of sp³-hybridized carbons (Fsp3) is 0.158. The summed E-state index contributed by atoms with van der Waals surface area (Å²) in [6.07, 6.45) is 3.36. The molecule has 5 aromatic rings. The molecule has 2 N–H and O–H groups in total. The second-order valence-electron chi connectivity index (χ2n) is 12.0. The van der Waals surface area contributed by atoms with Crippen molar-refractivity contribution in [2.24, 2.45) is 10.2 Å². The van der Waals surface area contributed by atoms with E-state index in [-0.39, 0.29) is 21.2 Å². The fourth-order valence-corrected chi connectivity index (χ4v) is 7.06. The first kappa shape index (κ1) is 32.9. The van der Waals surface area contributed by atoms with Crippen molar-refractivity contribution in [1.29, 1.82) is 0 Å². The van der Waals surface area contributed by atoms with Crippen molar-refractivity contribution in [3.05, 3.63) is 166 Å². The van der Waals surface area contributed by atoms with Gasteiger partial charge in [0.2, 0.25) is 0 Å². The monoisotopic (exact) mass is 676 g/mol. The minimum Gasteiger partial charge on any atom is -0.200 e. The van der Waals surface area contributed by atoms with Crippen LogP contribution in [0.2, 0.25) is 0 Å². The van der Waals surface area contributed by atoms with E-state index in [2.05, 4.69) is 44.1 Å². The van der Waals surface area contributed by atoms with E-state index in [0.29, 0.717) is 11.1 Å². The maximum absolute atomic E-state index is 13.4. The van der Waals surface area contributed by atoms with E-state index in [4.69, 9.17) is 0 Å². The molecule has 0 radical (unpaired) electrons. The number of hydrogen-bond donors (Lipinski definition) is 2. The number of nitrogens with zero attached hydrogens (tertiary/aromatic N) is 2. The van der Waals surface area contributed by atoms with Gasteiger partial charge < -0.3 is 0 Å². The van der Waals surface area contributed by atoms with Crippen LogP contribution in [0, 0.1) is 13.8 Å². The zero-order chi connectivity index (χ0) is 33.7. The van der Waals surface area contributed by atoms with Crippen molar-refractivity contribution in [2.45, 2.75) is 49.3 Å². The van der Waals surface area contributed by atoms with Gasteiger partial charge in [-0.1, -0.05) is 108 Å². The summed E-state index contributed by atoms with van der Waals surface area (Å²) in [6, 6.07) is 36.8. The Kier molecular flexibility index (Phi) is 9.56. The molecule has 0 heterocycles. The van der Waals surface area contributed by atoms with Gasteiger partial charge >= 0.3 is 0 Å². The predicted octanol–water partition coefficient (Wildman–Crippen LogP) is 6.25. The summed E-state index contributed by atoms with van der Waals surface area (Å²) in [7, 11) is -8.14. The fourth-order valence-electron chi connectivity index (χ4n) is 5.44. The van der Waals surface area contributed by atoms with Gasteiger partial charge in [-0.3, -0.25) is 0 Å². The lowest BCUT2D eigenvalue weighted by atomic mass is 9.97. The van der Waals surface area contributed by atoms with E-state index in [1.165, 1.54) is 35.4 Å². The maximum atomic E-state index is 13.4. The van der Waals surface area contributed by atoms with Crippen LogP contribution in [0.5, 0.6) is 0 Å². The van der Waals surface area contributed by atoms with Crippen LogP contribution >= 0.6 is 0 Å². The number of aryl methyl sites for hydroxylation is 6. The third-order valence-electron chi connectivity index (χ3n) is 8.29. The van der Waals surface area contributed by atoms with Gasteiger partial charge in [-0.05, 0) is 86.1 Å². The van der Waals surface area contributed by atoms with Crippen molar-refractivity contribution in [1.82, 2.24) is 9.66 Å². The highest BCUT2D eigenvalue weighted by Crippen LogP contribution is 2.19. The van der Waals surface area contributed by atoms with Crippen LogP contribution in [-0.2, 0) is 45.7 Å². The molecule has 0 unspecified atom stereocenters. The summed E-state index contributed by atoms with van der Waals surface area (Å²) >= 11 is 0. The Labute approximate surface area is 282 Å². The van der Waals surface area contributed by atoms with Crippen molar-refractivity contribution in [2.75, 3.05) is 0 Å². The van der Waals surface area contributed by atoms with Crippen LogP contribution in [0.15, 0.2) is 141 Å². The number of benzene rings is 5. The van der Waals surface area contributed by atoms with Gasteiger partial charge in [0.15, 0.2) is 0 Å². The molecule has 0 fully saturated rings. The van der Waals surface area contributed by atoms with Crippen molar-refractivity contribution < 1.29 is 16.8 Å². The lowest BCUT2D eigenvalue weighted by molar-refractivity contribution is 0.582. The molecule has 0 aromatic heterocycles. The van der Waals surface area contributed by atoms with E-state index >= 15 is 0 Å². The molecule has 8 nitrogen and oxygen atoms in total. The molecule has 3 aliphatic carbocycles. The van der Waals surface area contributed by atoms with Crippen LogP contribution < -0.4 is 9.66 Å². The van der Waals surface area contributed by atoms with Gasteiger partial charge in [0, 0.05) is 11.1 Å². The average Bonchev–Trinajstić information content (AvgIpc) is 3.09. The van der Waals surface area contributed by atoms with E-state index < -0.39 is 20.0 Å². The van der Waals surface area contributed by atoms with Crippen LogP contribution in [0.1, 0.15) is 44.5 Å². The molecular formula is C38H36N4O4S2. The van der Waals surface area contributed by atoms with Gasteiger partial charge in [0.25, 0.3) is 20.0 Å². The first-order valence-electron chi connectivity index (χ1n) is 15.6. The van der Waals surface area contributed by atoms with Gasteiger partial charge in [0.05, 0.1) is 9.79 Å². The number of nitrogens with one attached hydrogen (secondary N) is 2. The smallest absolute Gasteiger partial charge is 0.200 e. The highest BCUT2D eigenvalue weighted by atomic mass is 32.2. The Bertz CT molecular complexity index is 2040. The minimum absolute atomic E-state index is 0.0451. The van der Waals surface area contributed by atoms with Crippen molar-refractivity contribution in [3.63, 3.8) is 0 Å². The summed E-state index contributed by atoms with van der Waals surface area (Å²) in [5, 5.41) is 8.84. The number of hydrogen-bond acceptors (Lipinski definition) is 6. The average molecular weight is 677 g/mol. The maximum Gasteiger partial charge on any atom is 0.276 e. The SMILES string of the molecule is Cc1ccc(S(=O)(=O)N/N=C2/C(=N/NS(=O)(=O)c3ccc(C)cc3)c3ccc(cc3)CCc3cccc(c3)CCc3ccc2cc3)cc1. The Balaban J connectivity index is 1.48. The molecule has 48 heavy (non-hydrogen) atoms. The van der Waals surface area contributed by atoms with E-state index in [9.17, 15) is 16.8 Å². The van der Waals surface area contributed by atoms with Crippen LogP contribution in [-0.4, -0.2) is 28.3 Å². The molecule has 6 bridgehead atoms. The molecule has 8 rings (SSSR count). The zero-order valence-corrected chi connectivity index (χ0v) is 28.4. The third kappa shape index (κ3) is 7.90. The van der Waals surface area contributed by atoms with E-state index in [0.717, 1.165) is 47.9 Å². The van der Waals surface area contributed by atoms with Gasteiger partial charge in [-0.15, -0.1) is 0 Å². The molecule has 5 aromatic carbocycles. The Morgan fingerprint density at radius 1 is 0.458 bits per heavy atom. The first-order valence-corrected chi connectivity index (χ1v) is 18.6. The second kappa shape index (κ2) is 14.0. The largest absolute Gasteiger partial charge is 0.276 e. The van der Waals surface area contributed by atoms with E-state index in [1.54, 1.807) is 24.3 Å². The quantitative estimate of drug-likeness (QED) is 0.207. The van der Waals surface area contributed by atoms with Gasteiger partial charge in [-0.25, -0.2) is 0 Å². The summed E-state index contributed by atoms with van der Waals surface area (Å²) < 4.78 is 53.5. The second-order valence-corrected chi connectivity index (χ2v) is 15.3. The molecular weight excluding hydrogens is 641 g/mol. The standard InChI is InChI=1S/C38H36N4O4S2/c1-27-6-22-35(23-7-27)47(43,44)41-39-37-33-18-14-29(15-19-33)10-12-31-4-3-5-32(26-31)13-11-30-16-20-34(21-17-30)38(37)40-42-48(45,46)36-24-8-28(2)9-25-36/h3-9,14-26,41-42H,10-13H2,1-2H3/b39-37+,40-38+. The normalized spacial score (nSPS) is 15.4. The summed E-state index contributed by atoms with van der Waals surface area (Å²) in [6.45, 7) is 3.74. The van der Waals surface area contributed by atoms with Crippen LogP contribution in [0.3, 0.4) is 0 Å². The van der Waals surface area contributed by atoms with Crippen LogP contribution in [0.25, 0.3) is 0 Å². The topological polar surface area (TPSA) is 117 Å². The number of fused-ring (bicyclic) bond motifs is 2. The highest BCUT2D eigenvalue weighted by Gasteiger charge is 2.21. The number of hydrazone groups is 2. The minimum atomic E-state index is -4.07. The lowest BCUT2D eigenvalue weighted by Crippen LogP contribution is -2.28. The summed E-state index contributed by atoms with van der Waals surface area (Å²) in [5.41, 5.74) is 7.94.